The summed E-state index contributed by atoms with van der Waals surface area (Å²) in [7, 11) is 3.48. The van der Waals surface area contributed by atoms with Gasteiger partial charge < -0.3 is 14.7 Å². The topological polar surface area (TPSA) is 75.5 Å². The summed E-state index contributed by atoms with van der Waals surface area (Å²) in [6, 6.07) is 0. The highest BCUT2D eigenvalue weighted by molar-refractivity contribution is 5.95. The van der Waals surface area contributed by atoms with Crippen LogP contribution in [0, 0.1) is 0 Å². The van der Waals surface area contributed by atoms with Crippen molar-refractivity contribution in [2.45, 2.75) is 33.1 Å². The number of hydrogen-bond acceptors (Lipinski definition) is 5. The summed E-state index contributed by atoms with van der Waals surface area (Å²) >= 11 is 0. The summed E-state index contributed by atoms with van der Waals surface area (Å²) in [6.45, 7) is 5.21. The number of aromatic nitrogens is 2. The van der Waals surface area contributed by atoms with Gasteiger partial charge in [0.1, 0.15) is 5.56 Å². The Morgan fingerprint density at radius 2 is 2.00 bits per heavy atom. The van der Waals surface area contributed by atoms with Crippen molar-refractivity contribution in [2.75, 3.05) is 32.2 Å². The highest BCUT2D eigenvalue weighted by Crippen LogP contribution is 2.23. The van der Waals surface area contributed by atoms with Gasteiger partial charge in [-0.1, -0.05) is 13.8 Å². The number of carbonyl (C=O) groups is 1. The van der Waals surface area contributed by atoms with Crippen molar-refractivity contribution in [3.05, 3.63) is 16.8 Å². The van der Waals surface area contributed by atoms with Gasteiger partial charge in [0, 0.05) is 27.3 Å². The first-order valence-corrected chi connectivity index (χ1v) is 6.88. The first kappa shape index (κ1) is 16.4. The second kappa shape index (κ2) is 7.79. The summed E-state index contributed by atoms with van der Waals surface area (Å²) in [5.74, 6) is -0.511. The number of hydrogen-bond donors (Lipinski definition) is 1. The van der Waals surface area contributed by atoms with E-state index in [1.165, 1.54) is 0 Å². The highest BCUT2D eigenvalue weighted by atomic mass is 16.5. The van der Waals surface area contributed by atoms with E-state index >= 15 is 0 Å². The Morgan fingerprint density at radius 1 is 1.30 bits per heavy atom. The van der Waals surface area contributed by atoms with E-state index in [-0.39, 0.29) is 5.56 Å². The molecule has 1 rings (SSSR count). The first-order valence-electron chi connectivity index (χ1n) is 6.88. The third-order valence-electron chi connectivity index (χ3n) is 3.25. The fourth-order valence-electron chi connectivity index (χ4n) is 2.21. The molecule has 6 heteroatoms. The number of ether oxygens (including phenoxy) is 1. The van der Waals surface area contributed by atoms with E-state index in [0.29, 0.717) is 31.8 Å². The minimum atomic E-state index is -0.944. The second-order valence-corrected chi connectivity index (χ2v) is 4.60. The Bertz CT molecular complexity index is 463. The second-order valence-electron chi connectivity index (χ2n) is 4.60. The SMILES string of the molecule is CCc1nnc(N(C)CCCOC)c(C(=O)O)c1CC. The predicted octanol–water partition coefficient (Wildman–Crippen LogP) is 1.77. The zero-order valence-electron chi connectivity index (χ0n) is 12.6. The molecule has 1 aromatic rings. The van der Waals surface area contributed by atoms with Crippen molar-refractivity contribution >= 4 is 11.8 Å². The molecular weight excluding hydrogens is 258 g/mol. The van der Waals surface area contributed by atoms with Crippen molar-refractivity contribution in [1.82, 2.24) is 10.2 Å². The van der Waals surface area contributed by atoms with Crippen LogP contribution in [0.4, 0.5) is 5.82 Å². The van der Waals surface area contributed by atoms with Gasteiger partial charge in [0.2, 0.25) is 0 Å². The maximum atomic E-state index is 11.6. The Morgan fingerprint density at radius 3 is 2.50 bits per heavy atom. The van der Waals surface area contributed by atoms with Crippen molar-refractivity contribution in [1.29, 1.82) is 0 Å². The summed E-state index contributed by atoms with van der Waals surface area (Å²) in [5, 5.41) is 17.8. The molecule has 0 aliphatic rings. The van der Waals surface area contributed by atoms with E-state index in [1.54, 1.807) is 7.11 Å². The van der Waals surface area contributed by atoms with Crippen LogP contribution in [0.3, 0.4) is 0 Å². The number of aryl methyl sites for hydroxylation is 1. The number of carboxylic acids is 1. The molecule has 0 radical (unpaired) electrons. The number of aromatic carboxylic acids is 1. The van der Waals surface area contributed by atoms with Crippen LogP contribution in [0.1, 0.15) is 41.9 Å². The van der Waals surface area contributed by atoms with Crippen LogP contribution in [0.5, 0.6) is 0 Å². The standard InChI is InChI=1S/C14H23N3O3/c1-5-10-11(6-2)15-16-13(12(10)14(18)19)17(3)8-7-9-20-4/h5-9H2,1-4H3,(H,18,19). The molecule has 0 fully saturated rings. The number of carboxylic acid groups (broad SMARTS) is 1. The number of nitrogens with zero attached hydrogens (tertiary/aromatic N) is 3. The van der Waals surface area contributed by atoms with Gasteiger partial charge in [-0.2, -0.15) is 5.10 Å². The van der Waals surface area contributed by atoms with Crippen LogP contribution in [-0.4, -0.2) is 48.6 Å². The summed E-state index contributed by atoms with van der Waals surface area (Å²) in [6.07, 6.45) is 2.13. The molecule has 1 N–H and O–H groups in total. The normalized spacial score (nSPS) is 10.6. The summed E-state index contributed by atoms with van der Waals surface area (Å²) < 4.78 is 5.01. The fourth-order valence-corrected chi connectivity index (χ4v) is 2.21. The molecule has 0 spiro atoms. The van der Waals surface area contributed by atoms with Gasteiger partial charge in [0.25, 0.3) is 0 Å². The van der Waals surface area contributed by atoms with Crippen LogP contribution in [0.2, 0.25) is 0 Å². The molecular formula is C14H23N3O3. The fraction of sp³-hybridized carbons (Fsp3) is 0.643. The van der Waals surface area contributed by atoms with Crippen molar-refractivity contribution in [3.8, 4) is 0 Å². The van der Waals surface area contributed by atoms with E-state index < -0.39 is 5.97 Å². The van der Waals surface area contributed by atoms with Crippen LogP contribution in [-0.2, 0) is 17.6 Å². The quantitative estimate of drug-likeness (QED) is 0.732. The van der Waals surface area contributed by atoms with Gasteiger partial charge in [0.05, 0.1) is 5.69 Å². The number of anilines is 1. The molecule has 0 saturated heterocycles. The number of methoxy groups -OCH3 is 1. The smallest absolute Gasteiger partial charge is 0.339 e. The molecule has 1 heterocycles. The molecule has 0 aromatic carbocycles. The van der Waals surface area contributed by atoms with Crippen molar-refractivity contribution in [2.24, 2.45) is 0 Å². The monoisotopic (exact) mass is 281 g/mol. The molecule has 20 heavy (non-hydrogen) atoms. The summed E-state index contributed by atoms with van der Waals surface area (Å²) in [5.41, 5.74) is 1.82. The van der Waals surface area contributed by atoms with Crippen LogP contribution >= 0.6 is 0 Å². The predicted molar refractivity (Wildman–Crippen MR) is 77.5 cm³/mol. The lowest BCUT2D eigenvalue weighted by Crippen LogP contribution is -2.25. The van der Waals surface area contributed by atoms with E-state index in [9.17, 15) is 9.90 Å². The van der Waals surface area contributed by atoms with E-state index in [1.807, 2.05) is 25.8 Å². The summed E-state index contributed by atoms with van der Waals surface area (Å²) in [4.78, 5) is 13.4. The molecule has 6 nitrogen and oxygen atoms in total. The van der Waals surface area contributed by atoms with Gasteiger partial charge in [-0.25, -0.2) is 4.79 Å². The van der Waals surface area contributed by atoms with Crippen LogP contribution in [0.25, 0.3) is 0 Å². The first-order chi connectivity index (χ1) is 9.56. The third kappa shape index (κ3) is 3.66. The van der Waals surface area contributed by atoms with E-state index in [4.69, 9.17) is 4.74 Å². The molecule has 112 valence electrons. The van der Waals surface area contributed by atoms with Crippen molar-refractivity contribution < 1.29 is 14.6 Å². The van der Waals surface area contributed by atoms with Crippen molar-refractivity contribution in [3.63, 3.8) is 0 Å². The molecule has 0 unspecified atom stereocenters. The average Bonchev–Trinajstić information content (AvgIpc) is 2.45. The molecule has 1 aromatic heterocycles. The van der Waals surface area contributed by atoms with Gasteiger partial charge in [0.15, 0.2) is 5.82 Å². The minimum absolute atomic E-state index is 0.277. The molecule has 0 saturated carbocycles. The zero-order chi connectivity index (χ0) is 15.1. The minimum Gasteiger partial charge on any atom is -0.478 e. The molecule has 0 bridgehead atoms. The molecule has 0 atom stereocenters. The Hall–Kier alpha value is -1.69. The van der Waals surface area contributed by atoms with Gasteiger partial charge >= 0.3 is 5.97 Å². The number of rotatable bonds is 8. The zero-order valence-corrected chi connectivity index (χ0v) is 12.6. The largest absolute Gasteiger partial charge is 0.478 e. The van der Waals surface area contributed by atoms with E-state index in [0.717, 1.165) is 17.7 Å². The Balaban J connectivity index is 3.15. The molecule has 0 amide bonds. The van der Waals surface area contributed by atoms with Gasteiger partial charge in [-0.15, -0.1) is 5.10 Å². The molecule has 0 aliphatic carbocycles. The Labute approximate surface area is 119 Å². The third-order valence-corrected chi connectivity index (χ3v) is 3.25. The maximum Gasteiger partial charge on any atom is 0.339 e. The lowest BCUT2D eigenvalue weighted by atomic mass is 10.0. The lowest BCUT2D eigenvalue weighted by molar-refractivity contribution is 0.0695. The lowest BCUT2D eigenvalue weighted by Gasteiger charge is -2.21. The molecule has 0 aliphatic heterocycles. The van der Waals surface area contributed by atoms with Crippen LogP contribution in [0.15, 0.2) is 0 Å². The van der Waals surface area contributed by atoms with E-state index in [2.05, 4.69) is 10.2 Å². The van der Waals surface area contributed by atoms with Crippen LogP contribution < -0.4 is 4.90 Å². The maximum absolute atomic E-state index is 11.6. The van der Waals surface area contributed by atoms with Gasteiger partial charge in [-0.3, -0.25) is 0 Å². The Kier molecular flexibility index (Phi) is 6.38. The van der Waals surface area contributed by atoms with Gasteiger partial charge in [-0.05, 0) is 24.8 Å². The average molecular weight is 281 g/mol. The highest BCUT2D eigenvalue weighted by Gasteiger charge is 2.22.